The van der Waals surface area contributed by atoms with Crippen molar-refractivity contribution in [3.8, 4) is 0 Å². The van der Waals surface area contributed by atoms with Crippen molar-refractivity contribution in [2.24, 2.45) is 28.9 Å². The number of aliphatic hydroxyl groups is 1. The molecule has 18 amide bonds. The smallest absolute Gasteiger partial charge is 0.246 e. The number of carbonyl (C=O) groups excluding carboxylic acids is 18. The molecule has 25 N–H and O–H groups in total. The second-order valence-electron chi connectivity index (χ2n) is 34.5. The van der Waals surface area contributed by atoms with Crippen molar-refractivity contribution in [1.82, 2.24) is 103 Å². The molecule has 8 rings (SSSR count). The molecule has 14 atom stereocenters. The Labute approximate surface area is 790 Å². The Hall–Kier alpha value is -14.0. The fraction of sp³-hybridized carbons (Fsp3) is 0.516. The molecule has 0 spiro atoms. The Morgan fingerprint density at radius 3 is 1.66 bits per heavy atom. The summed E-state index contributed by atoms with van der Waals surface area (Å²) in [4.78, 5) is 280. The molecule has 136 heavy (non-hydrogen) atoms. The monoisotopic (exact) mass is 1910 g/mol. The number of aromatic amines is 3. The summed E-state index contributed by atoms with van der Waals surface area (Å²) < 4.78 is 0. The van der Waals surface area contributed by atoms with Crippen molar-refractivity contribution in [1.29, 1.82) is 5.41 Å². The molecule has 0 unspecified atom stereocenters. The van der Waals surface area contributed by atoms with E-state index >= 15 is 28.8 Å². The number of imidazole rings is 1. The number of guanidine groups is 1. The highest BCUT2D eigenvalue weighted by Gasteiger charge is 2.44. The minimum atomic E-state index is -1.92. The number of primary amides is 3. The number of aliphatic hydroxyl groups excluding tert-OH is 1. The highest BCUT2D eigenvalue weighted by atomic mass is 32.2. The van der Waals surface area contributed by atoms with Crippen LogP contribution in [-0.2, 0) is 112 Å². The summed E-state index contributed by atoms with van der Waals surface area (Å²) in [6.07, 6.45) is 4.59. The minimum Gasteiger partial charge on any atom is -0.394 e. The quantitative estimate of drug-likeness (QED) is 0.0128. The molecule has 3 aromatic heterocycles. The number of carbonyl (C=O) groups is 18. The summed E-state index contributed by atoms with van der Waals surface area (Å²) in [5, 5.41) is 51.7. The van der Waals surface area contributed by atoms with Gasteiger partial charge in [0.15, 0.2) is 5.96 Å². The summed E-state index contributed by atoms with van der Waals surface area (Å²) in [6.45, 7) is 6.39. The van der Waals surface area contributed by atoms with Gasteiger partial charge in [-0.25, -0.2) is 4.98 Å². The third-order valence-electron chi connectivity index (χ3n) is 23.7. The van der Waals surface area contributed by atoms with Crippen LogP contribution in [0.3, 0.4) is 0 Å². The average Bonchev–Trinajstić information content (AvgIpc) is 0.985. The Balaban J connectivity index is 1.20. The zero-order chi connectivity index (χ0) is 99.6. The predicted molar refractivity (Wildman–Crippen MR) is 502 cm³/mol. The lowest BCUT2D eigenvalue weighted by atomic mass is 10.00. The van der Waals surface area contributed by atoms with E-state index in [1.54, 1.807) is 105 Å². The Kier molecular flexibility index (Phi) is 41.5. The van der Waals surface area contributed by atoms with Crippen molar-refractivity contribution in [2.75, 3.05) is 58.9 Å². The Bertz CT molecular complexity index is 5210. The summed E-state index contributed by atoms with van der Waals surface area (Å²) in [7, 11) is 3.92. The van der Waals surface area contributed by atoms with Crippen LogP contribution in [0.4, 0.5) is 0 Å². The summed E-state index contributed by atoms with van der Waals surface area (Å²) in [6, 6.07) is 0.272. The Morgan fingerprint density at radius 1 is 0.515 bits per heavy atom. The maximum Gasteiger partial charge on any atom is 0.246 e. The SMILES string of the molecule is CCCC[C@H]1C(=O)N(C)[C@@H](CCCC)C(=O)N[C@@H](CCCNC(=N)N)C(=O)N[C@H](C(=O)NCC(N)=O)CSCC(=O)N[C@@H](Cc2ccccc2)C(=O)N(C)[C@@H](C)C(=O)N[C@@H](CC(N)=O)C(=O)N2CCC[C@H]2C(=O)N[C@@H](Cc2cnc[nH]2)C(=O)N[C@@H](CC(C)C)C(=O)N[C@@H](CC(N)=O)C(=O)N[C@@H](CCc2c[nH]c3ccccc23)C(=O)N[C@@H](CO)C(=O)N[C@@H](Cc2c[nH]c3ccccc23)C(=O)N1C. The number of nitrogens with zero attached hydrogens (tertiary/aromatic N) is 5. The molecule has 0 aliphatic carbocycles. The van der Waals surface area contributed by atoms with E-state index < -0.39 is 240 Å². The number of rotatable bonds is 29. The highest BCUT2D eigenvalue weighted by molar-refractivity contribution is 8.00. The number of hydrogen-bond acceptors (Lipinski definition) is 22. The van der Waals surface area contributed by atoms with Gasteiger partial charge in [0.25, 0.3) is 0 Å². The van der Waals surface area contributed by atoms with E-state index in [2.05, 4.69) is 83.7 Å². The van der Waals surface area contributed by atoms with Crippen LogP contribution in [-0.4, -0.2) is 300 Å². The van der Waals surface area contributed by atoms with Crippen molar-refractivity contribution < 1.29 is 91.4 Å². The van der Waals surface area contributed by atoms with Crippen LogP contribution in [0.25, 0.3) is 21.8 Å². The van der Waals surface area contributed by atoms with Crippen molar-refractivity contribution in [3.63, 3.8) is 0 Å². The number of para-hydroxylation sites is 2. The largest absolute Gasteiger partial charge is 0.394 e. The standard InChI is InChI=1S/C91H129N25O19S/c1-9-11-29-70-85(130)105-60(28-20-34-98-91(95)96)79(124)112-69(78(123)101-45-75(94)120)47-136-48-76(121)103-65(37-52-22-14-13-15-23-52)87(132)113(6)51(5)77(122)109-67(41-74(93)119)89(134)116-35-21-31-71(116)86(131)108-63(39-55-44-97-49-102-55)82(127)106-62(36-50(3)4)81(126)107-64(40-73(92)118)83(128)104-61(33-32-53-42-99-58-26-18-16-24-56(53)58)80(125)111-68(46-117)84(129)110-66(38-54-43-100-59-27-19-17-25-57(54)59)88(133)115(8)72(30-12-10-2)90(135)114(70)7/h13-19,22-27,42-44,49-51,60-72,99-100,117H,9-12,20-21,28-41,45-48H2,1-8H3,(H2,92,118)(H2,93,119)(H2,94,120)(H,97,102)(H,101,123)(H,103,121)(H,104,128)(H,105,130)(H,106,127)(H,107,126)(H,108,131)(H,109,122)(H,110,129)(H,111,125)(H,112,124)(H4,95,96,98)/t51-,60-,61-,62-,63-,64-,65-,66-,67-,68-,69-,70-,71-,72-/m0/s1. The second-order valence-corrected chi connectivity index (χ2v) is 35.5. The topological polar surface area (TPSA) is 673 Å². The van der Waals surface area contributed by atoms with Gasteiger partial charge in [0.1, 0.15) is 84.6 Å². The van der Waals surface area contributed by atoms with Gasteiger partial charge in [0.2, 0.25) is 106 Å². The second kappa shape index (κ2) is 52.6. The first-order chi connectivity index (χ1) is 64.8. The molecule has 2 fully saturated rings. The number of amides is 18. The Morgan fingerprint density at radius 2 is 1.04 bits per heavy atom. The van der Waals surface area contributed by atoms with Gasteiger partial charge >= 0.3 is 0 Å². The van der Waals surface area contributed by atoms with Crippen LogP contribution in [0.2, 0.25) is 0 Å². The number of fused-ring (bicyclic) bond motifs is 3. The molecule has 0 radical (unpaired) electrons. The van der Waals surface area contributed by atoms with Gasteiger partial charge in [-0.1, -0.05) is 120 Å². The molecule has 0 bridgehead atoms. The molecule has 0 saturated carbocycles. The first-order valence-corrected chi connectivity index (χ1v) is 46.6. The van der Waals surface area contributed by atoms with Crippen LogP contribution < -0.4 is 86.7 Å². The molecule has 2 aliphatic heterocycles. The van der Waals surface area contributed by atoms with Gasteiger partial charge in [-0.3, -0.25) is 91.7 Å². The van der Waals surface area contributed by atoms with E-state index in [1.807, 2.05) is 13.8 Å². The number of nitrogens with one attached hydrogen (secondary N) is 16. The number of benzene rings is 3. The molecule has 738 valence electrons. The number of aryl methyl sites for hydroxylation is 1. The van der Waals surface area contributed by atoms with Crippen molar-refractivity contribution in [3.05, 3.63) is 126 Å². The summed E-state index contributed by atoms with van der Waals surface area (Å²) >= 11 is 0.785. The van der Waals surface area contributed by atoms with E-state index in [0.717, 1.165) is 36.7 Å². The molecule has 2 saturated heterocycles. The number of thioether (sulfide) groups is 1. The first-order valence-electron chi connectivity index (χ1n) is 45.4. The van der Waals surface area contributed by atoms with Crippen LogP contribution in [0, 0.1) is 11.3 Å². The zero-order valence-electron chi connectivity index (χ0n) is 77.7. The lowest BCUT2D eigenvalue weighted by molar-refractivity contribution is -0.149. The molecule has 45 heteroatoms. The molecular weight excluding hydrogens is 1780 g/mol. The third kappa shape index (κ3) is 31.6. The number of H-pyrrole nitrogens is 3. The molecule has 6 aromatic rings. The van der Waals surface area contributed by atoms with Crippen LogP contribution >= 0.6 is 11.8 Å². The zero-order valence-corrected chi connectivity index (χ0v) is 78.5. The number of unbranched alkanes of at least 4 members (excludes halogenated alkanes) is 2. The predicted octanol–water partition coefficient (Wildman–Crippen LogP) is -2.85. The number of aromatic nitrogens is 4. The lowest BCUT2D eigenvalue weighted by Gasteiger charge is -2.36. The van der Waals surface area contributed by atoms with E-state index in [4.69, 9.17) is 28.3 Å². The van der Waals surface area contributed by atoms with Crippen molar-refractivity contribution >= 4 is 146 Å². The van der Waals surface area contributed by atoms with Crippen LogP contribution in [0.15, 0.2) is 104 Å². The average molecular weight is 1910 g/mol. The molecule has 2 aliphatic rings. The van der Waals surface area contributed by atoms with Gasteiger partial charge in [0, 0.05) is 105 Å². The first kappa shape index (κ1) is 107. The van der Waals surface area contributed by atoms with Gasteiger partial charge < -0.3 is 126 Å². The molecular formula is C91H129N25O19S. The normalized spacial score (nSPS) is 23.6. The highest BCUT2D eigenvalue weighted by Crippen LogP contribution is 2.26. The number of likely N-dealkylation sites (N-methyl/N-ethyl adjacent to an activating group) is 3. The van der Waals surface area contributed by atoms with Crippen LogP contribution in [0.5, 0.6) is 0 Å². The number of hydrogen-bond donors (Lipinski definition) is 21. The van der Waals surface area contributed by atoms with E-state index in [0.29, 0.717) is 64.5 Å². The lowest BCUT2D eigenvalue weighted by Crippen LogP contribution is -2.62. The molecule has 3 aromatic carbocycles. The van der Waals surface area contributed by atoms with Gasteiger partial charge in [0.05, 0.1) is 38.1 Å². The summed E-state index contributed by atoms with van der Waals surface area (Å²) in [5.74, 6) is -19.4. The fourth-order valence-corrected chi connectivity index (χ4v) is 17.0. The van der Waals surface area contributed by atoms with Gasteiger partial charge in [-0.15, -0.1) is 11.8 Å². The van der Waals surface area contributed by atoms with E-state index in [-0.39, 0.29) is 90.1 Å². The maximum atomic E-state index is 15.7. The van der Waals surface area contributed by atoms with E-state index in [9.17, 15) is 62.6 Å². The fourth-order valence-electron chi connectivity index (χ4n) is 16.1. The van der Waals surface area contributed by atoms with Gasteiger partial charge in [-0.2, -0.15) is 0 Å². The van der Waals surface area contributed by atoms with Gasteiger partial charge in [-0.05, 0) is 99.5 Å². The maximum absolute atomic E-state index is 15.7. The summed E-state index contributed by atoms with van der Waals surface area (Å²) in [5.41, 5.74) is 25.9. The van der Waals surface area contributed by atoms with E-state index in [1.165, 1.54) is 40.6 Å². The minimum absolute atomic E-state index is 0.0108. The number of nitrogens with two attached hydrogens (primary N) is 4. The third-order valence-corrected chi connectivity index (χ3v) is 24.7. The van der Waals surface area contributed by atoms with Crippen molar-refractivity contribution in [2.45, 2.75) is 235 Å². The van der Waals surface area contributed by atoms with Crippen LogP contribution in [0.1, 0.15) is 147 Å². The molecule has 44 nitrogen and oxygen atoms in total. The molecule has 5 heterocycles.